The lowest BCUT2D eigenvalue weighted by Crippen LogP contribution is -2.46. The number of hydrogen-bond donors (Lipinski definition) is 1. The van der Waals surface area contributed by atoms with Crippen molar-refractivity contribution in [3.8, 4) is 0 Å². The van der Waals surface area contributed by atoms with Gasteiger partial charge in [0, 0.05) is 24.3 Å². The molecular weight excluding hydrogens is 190 g/mol. The normalized spacial score (nSPS) is 28.9. The van der Waals surface area contributed by atoms with Crippen molar-refractivity contribution in [2.24, 2.45) is 0 Å². The summed E-state index contributed by atoms with van der Waals surface area (Å²) in [5.74, 6) is 0.0952. The minimum atomic E-state index is -0.748. The Balaban J connectivity index is 2.01. The van der Waals surface area contributed by atoms with E-state index in [-0.39, 0.29) is 5.78 Å². The molecule has 0 amide bonds. The van der Waals surface area contributed by atoms with Crippen LogP contribution in [0, 0.1) is 0 Å². The van der Waals surface area contributed by atoms with Crippen LogP contribution in [0.15, 0.2) is 24.3 Å². The zero-order chi connectivity index (χ0) is 10.3. The molecule has 1 N–H and O–H groups in total. The Bertz CT molecular complexity index is 408. The molecule has 1 unspecified atom stereocenters. The molecule has 2 aliphatic rings. The standard InChI is InChI=1S/C12H13NO2/c14-11-9-5-1-2-6-10(9)13-12(11)7-3-4-8-15-12/h1-2,5-6,13H,3-4,7-8H2. The Morgan fingerprint density at radius 1 is 1.27 bits per heavy atom. The van der Waals surface area contributed by atoms with Gasteiger partial charge in [-0.3, -0.25) is 4.79 Å². The van der Waals surface area contributed by atoms with Crippen LogP contribution in [0.4, 0.5) is 5.69 Å². The maximum absolute atomic E-state index is 12.2. The average molecular weight is 203 g/mol. The van der Waals surface area contributed by atoms with Gasteiger partial charge in [-0.15, -0.1) is 0 Å². The van der Waals surface area contributed by atoms with Gasteiger partial charge in [-0.2, -0.15) is 0 Å². The van der Waals surface area contributed by atoms with E-state index in [9.17, 15) is 4.79 Å². The lowest BCUT2D eigenvalue weighted by atomic mass is 9.97. The Labute approximate surface area is 88.4 Å². The predicted octanol–water partition coefficient (Wildman–Crippen LogP) is 2.19. The predicted molar refractivity (Wildman–Crippen MR) is 56.9 cm³/mol. The van der Waals surface area contributed by atoms with E-state index in [2.05, 4.69) is 5.32 Å². The van der Waals surface area contributed by atoms with E-state index < -0.39 is 5.72 Å². The van der Waals surface area contributed by atoms with Gasteiger partial charge in [0.2, 0.25) is 11.5 Å². The smallest absolute Gasteiger partial charge is 0.217 e. The SMILES string of the molecule is O=C1c2ccccc2NC12CCCCO2. The van der Waals surface area contributed by atoms with E-state index in [1.54, 1.807) is 0 Å². The molecule has 2 heterocycles. The van der Waals surface area contributed by atoms with Crippen molar-refractivity contribution < 1.29 is 9.53 Å². The largest absolute Gasteiger partial charge is 0.351 e. The van der Waals surface area contributed by atoms with Crippen LogP contribution in [0.1, 0.15) is 29.6 Å². The van der Waals surface area contributed by atoms with Crippen molar-refractivity contribution in [2.75, 3.05) is 11.9 Å². The van der Waals surface area contributed by atoms with Crippen LogP contribution in [0.3, 0.4) is 0 Å². The number of carbonyl (C=O) groups excluding carboxylic acids is 1. The molecule has 1 saturated heterocycles. The van der Waals surface area contributed by atoms with E-state index in [0.29, 0.717) is 6.61 Å². The van der Waals surface area contributed by atoms with E-state index in [1.807, 2.05) is 24.3 Å². The summed E-state index contributed by atoms with van der Waals surface area (Å²) < 4.78 is 5.66. The van der Waals surface area contributed by atoms with Gasteiger partial charge in [0.25, 0.3) is 0 Å². The van der Waals surface area contributed by atoms with Crippen molar-refractivity contribution in [3.05, 3.63) is 29.8 Å². The zero-order valence-electron chi connectivity index (χ0n) is 8.45. The van der Waals surface area contributed by atoms with Crippen molar-refractivity contribution >= 4 is 11.5 Å². The fraction of sp³-hybridized carbons (Fsp3) is 0.417. The summed E-state index contributed by atoms with van der Waals surface area (Å²) in [6.07, 6.45) is 2.88. The molecule has 3 heteroatoms. The first-order valence-corrected chi connectivity index (χ1v) is 5.38. The molecule has 0 saturated carbocycles. The molecule has 1 fully saturated rings. The molecular formula is C12H13NO2. The van der Waals surface area contributed by atoms with Crippen LogP contribution in [-0.2, 0) is 4.74 Å². The number of hydrogen-bond acceptors (Lipinski definition) is 3. The van der Waals surface area contributed by atoms with Gasteiger partial charge in [0.1, 0.15) is 0 Å². The molecule has 0 aliphatic carbocycles. The molecule has 1 aromatic rings. The Morgan fingerprint density at radius 2 is 2.13 bits per heavy atom. The summed E-state index contributed by atoms with van der Waals surface area (Å²) in [4.78, 5) is 12.2. The molecule has 0 aromatic heterocycles. The number of carbonyl (C=O) groups is 1. The van der Waals surface area contributed by atoms with Gasteiger partial charge in [0.15, 0.2) is 0 Å². The second-order valence-electron chi connectivity index (χ2n) is 4.13. The number of fused-ring (bicyclic) bond motifs is 1. The lowest BCUT2D eigenvalue weighted by Gasteiger charge is -2.32. The number of ether oxygens (including phenoxy) is 1. The van der Waals surface area contributed by atoms with Crippen LogP contribution in [0.25, 0.3) is 0 Å². The first-order valence-electron chi connectivity index (χ1n) is 5.38. The van der Waals surface area contributed by atoms with Gasteiger partial charge in [0.05, 0.1) is 0 Å². The fourth-order valence-corrected chi connectivity index (χ4v) is 2.35. The molecule has 1 atom stereocenters. The van der Waals surface area contributed by atoms with Gasteiger partial charge in [-0.25, -0.2) is 0 Å². The van der Waals surface area contributed by atoms with E-state index in [0.717, 1.165) is 30.5 Å². The van der Waals surface area contributed by atoms with Gasteiger partial charge in [-0.05, 0) is 25.0 Å². The Hall–Kier alpha value is -1.35. The van der Waals surface area contributed by atoms with E-state index >= 15 is 0 Å². The highest BCUT2D eigenvalue weighted by atomic mass is 16.5. The number of anilines is 1. The van der Waals surface area contributed by atoms with Crippen molar-refractivity contribution in [3.63, 3.8) is 0 Å². The van der Waals surface area contributed by atoms with Crippen LogP contribution in [-0.4, -0.2) is 18.1 Å². The summed E-state index contributed by atoms with van der Waals surface area (Å²) in [5.41, 5.74) is 0.922. The molecule has 0 radical (unpaired) electrons. The molecule has 1 spiro atoms. The Kier molecular flexibility index (Phi) is 1.83. The van der Waals surface area contributed by atoms with E-state index in [1.165, 1.54) is 0 Å². The summed E-state index contributed by atoms with van der Waals surface area (Å²) in [6.45, 7) is 0.673. The van der Waals surface area contributed by atoms with Gasteiger partial charge >= 0.3 is 0 Å². The molecule has 15 heavy (non-hydrogen) atoms. The monoisotopic (exact) mass is 203 g/mol. The summed E-state index contributed by atoms with van der Waals surface area (Å²) in [6, 6.07) is 7.61. The topological polar surface area (TPSA) is 38.3 Å². The molecule has 78 valence electrons. The van der Waals surface area contributed by atoms with Crippen LogP contribution in [0.5, 0.6) is 0 Å². The quantitative estimate of drug-likeness (QED) is 0.702. The molecule has 3 nitrogen and oxygen atoms in total. The molecule has 1 aromatic carbocycles. The molecule has 3 rings (SSSR count). The minimum absolute atomic E-state index is 0.0952. The van der Waals surface area contributed by atoms with Crippen molar-refractivity contribution in [2.45, 2.75) is 25.0 Å². The molecule has 0 bridgehead atoms. The summed E-state index contributed by atoms with van der Waals surface area (Å²) in [5, 5.41) is 3.23. The maximum atomic E-state index is 12.2. The zero-order valence-corrected chi connectivity index (χ0v) is 8.45. The summed E-state index contributed by atoms with van der Waals surface area (Å²) in [7, 11) is 0. The van der Waals surface area contributed by atoms with Crippen molar-refractivity contribution in [1.82, 2.24) is 0 Å². The number of benzene rings is 1. The number of rotatable bonds is 0. The third-order valence-corrected chi connectivity index (χ3v) is 3.15. The number of ketones is 1. The summed E-state index contributed by atoms with van der Waals surface area (Å²) >= 11 is 0. The van der Waals surface area contributed by atoms with Gasteiger partial charge < -0.3 is 10.1 Å². The molecule has 2 aliphatic heterocycles. The number of para-hydroxylation sites is 1. The Morgan fingerprint density at radius 3 is 2.87 bits per heavy atom. The third-order valence-electron chi connectivity index (χ3n) is 3.15. The maximum Gasteiger partial charge on any atom is 0.217 e. The van der Waals surface area contributed by atoms with Crippen molar-refractivity contribution in [1.29, 1.82) is 0 Å². The van der Waals surface area contributed by atoms with Gasteiger partial charge in [-0.1, -0.05) is 12.1 Å². The number of nitrogens with one attached hydrogen (secondary N) is 1. The highest BCUT2D eigenvalue weighted by Gasteiger charge is 2.47. The number of Topliss-reactive ketones (excluding diaryl/α,β-unsaturated/α-hetero) is 1. The van der Waals surface area contributed by atoms with Crippen LogP contribution in [0.2, 0.25) is 0 Å². The first kappa shape index (κ1) is 8.92. The van der Waals surface area contributed by atoms with Crippen LogP contribution >= 0.6 is 0 Å². The highest BCUT2D eigenvalue weighted by Crippen LogP contribution is 2.38. The third kappa shape index (κ3) is 1.20. The van der Waals surface area contributed by atoms with Crippen LogP contribution < -0.4 is 5.32 Å². The van der Waals surface area contributed by atoms with E-state index in [4.69, 9.17) is 4.74 Å². The first-order chi connectivity index (χ1) is 7.32. The average Bonchev–Trinajstić information content (AvgIpc) is 2.54. The fourth-order valence-electron chi connectivity index (χ4n) is 2.35. The lowest BCUT2D eigenvalue weighted by molar-refractivity contribution is -0.0337. The highest BCUT2D eigenvalue weighted by molar-refractivity contribution is 6.12. The minimum Gasteiger partial charge on any atom is -0.351 e. The second-order valence-corrected chi connectivity index (χ2v) is 4.13. The second kappa shape index (κ2) is 3.07.